The highest BCUT2D eigenvalue weighted by molar-refractivity contribution is 5.89. The summed E-state index contributed by atoms with van der Waals surface area (Å²) < 4.78 is 38.7. The SMILES string of the molecule is COC(=O)c1cccc(CN2CCOCCOCCN(Cc3cccc(C(=O)OC)n3)CCOC(COC(C)=O)COCC2)c1. The highest BCUT2D eigenvalue weighted by Gasteiger charge is 2.16. The maximum absolute atomic E-state index is 12.0. The molecule has 0 saturated carbocycles. The topological polar surface area (TPSA) is 135 Å². The number of esters is 3. The third-order valence-electron chi connectivity index (χ3n) is 6.91. The number of ether oxygens (including phenoxy) is 7. The Morgan fingerprint density at radius 3 is 2.13 bits per heavy atom. The van der Waals surface area contributed by atoms with E-state index in [1.54, 1.807) is 18.2 Å². The molecule has 1 aliphatic rings. The lowest BCUT2D eigenvalue weighted by atomic mass is 10.1. The van der Waals surface area contributed by atoms with Gasteiger partial charge in [-0.3, -0.25) is 14.6 Å². The van der Waals surface area contributed by atoms with Crippen LogP contribution in [0.5, 0.6) is 0 Å². The van der Waals surface area contributed by atoms with Gasteiger partial charge in [-0.05, 0) is 29.8 Å². The first-order valence-electron chi connectivity index (χ1n) is 15.0. The number of methoxy groups -OCH3 is 2. The molecule has 0 aliphatic carbocycles. The second-order valence-corrected chi connectivity index (χ2v) is 10.3. The molecule has 13 nitrogen and oxygen atoms in total. The Kier molecular flexibility index (Phi) is 16.4. The highest BCUT2D eigenvalue weighted by Crippen LogP contribution is 2.11. The molecule has 1 fully saturated rings. The predicted octanol–water partition coefficient (Wildman–Crippen LogP) is 1.97. The van der Waals surface area contributed by atoms with Crippen LogP contribution in [0.4, 0.5) is 0 Å². The third kappa shape index (κ3) is 14.0. The second kappa shape index (κ2) is 20.5. The van der Waals surface area contributed by atoms with Crippen molar-refractivity contribution in [1.29, 1.82) is 0 Å². The minimum Gasteiger partial charge on any atom is -0.465 e. The van der Waals surface area contributed by atoms with Gasteiger partial charge < -0.3 is 33.2 Å². The first-order valence-corrected chi connectivity index (χ1v) is 15.0. The van der Waals surface area contributed by atoms with Gasteiger partial charge >= 0.3 is 17.9 Å². The number of rotatable bonds is 8. The summed E-state index contributed by atoms with van der Waals surface area (Å²) in [7, 11) is 2.69. The van der Waals surface area contributed by atoms with Crippen molar-refractivity contribution in [3.63, 3.8) is 0 Å². The molecule has 2 aromatic rings. The number of carbonyl (C=O) groups excluding carboxylic acids is 3. The van der Waals surface area contributed by atoms with Crippen LogP contribution in [0.1, 0.15) is 39.0 Å². The van der Waals surface area contributed by atoms with E-state index < -0.39 is 18.0 Å². The fraction of sp³-hybridized carbons (Fsp3) is 0.562. The fourth-order valence-electron chi connectivity index (χ4n) is 4.55. The molecular formula is C32H45N3O10. The van der Waals surface area contributed by atoms with Crippen molar-refractivity contribution in [3.05, 3.63) is 65.0 Å². The maximum atomic E-state index is 12.0. The summed E-state index contributed by atoms with van der Waals surface area (Å²) >= 11 is 0. The van der Waals surface area contributed by atoms with Crippen LogP contribution in [-0.2, 0) is 51.0 Å². The molecule has 0 spiro atoms. The van der Waals surface area contributed by atoms with E-state index in [-0.39, 0.29) is 24.9 Å². The largest absolute Gasteiger partial charge is 0.465 e. The van der Waals surface area contributed by atoms with Crippen LogP contribution in [-0.4, -0.2) is 132 Å². The van der Waals surface area contributed by atoms with Gasteiger partial charge in [0.15, 0.2) is 0 Å². The van der Waals surface area contributed by atoms with E-state index in [2.05, 4.69) is 14.8 Å². The molecule has 13 heteroatoms. The Hall–Kier alpha value is -3.46. The van der Waals surface area contributed by atoms with Crippen LogP contribution in [0.2, 0.25) is 0 Å². The summed E-state index contributed by atoms with van der Waals surface area (Å²) in [5, 5.41) is 0. The lowest BCUT2D eigenvalue weighted by molar-refractivity contribution is -0.147. The smallest absolute Gasteiger partial charge is 0.356 e. The zero-order valence-electron chi connectivity index (χ0n) is 26.4. The second-order valence-electron chi connectivity index (χ2n) is 10.3. The Balaban J connectivity index is 1.62. The summed E-state index contributed by atoms with van der Waals surface area (Å²) in [4.78, 5) is 44.2. The van der Waals surface area contributed by atoms with E-state index in [9.17, 15) is 14.4 Å². The van der Waals surface area contributed by atoms with E-state index in [0.29, 0.717) is 90.2 Å². The molecule has 0 radical (unpaired) electrons. The van der Waals surface area contributed by atoms with E-state index in [0.717, 1.165) is 5.56 Å². The van der Waals surface area contributed by atoms with Crippen molar-refractivity contribution in [1.82, 2.24) is 14.8 Å². The van der Waals surface area contributed by atoms with Gasteiger partial charge in [-0.15, -0.1) is 0 Å². The van der Waals surface area contributed by atoms with Gasteiger partial charge in [-0.1, -0.05) is 18.2 Å². The quantitative estimate of drug-likeness (QED) is 0.311. The predicted molar refractivity (Wildman–Crippen MR) is 163 cm³/mol. The molecule has 1 aromatic heterocycles. The molecule has 1 unspecified atom stereocenters. The first kappa shape index (κ1) is 36.0. The molecule has 3 rings (SSSR count). The number of carbonyl (C=O) groups is 3. The average molecular weight is 632 g/mol. The van der Waals surface area contributed by atoms with Gasteiger partial charge in [-0.2, -0.15) is 0 Å². The summed E-state index contributed by atoms with van der Waals surface area (Å²) in [6.45, 7) is 7.71. The average Bonchev–Trinajstić information content (AvgIpc) is 3.04. The first-order chi connectivity index (χ1) is 21.9. The van der Waals surface area contributed by atoms with Crippen LogP contribution < -0.4 is 0 Å². The molecule has 248 valence electrons. The summed E-state index contributed by atoms with van der Waals surface area (Å²) in [5.41, 5.74) is 2.42. The standard InChI is InChI=1S/C32H45N3O10/c1-25(36)45-24-29-23-43-16-12-34(21-26-6-4-7-27(20-26)31(37)39-2)10-14-41-18-19-42-15-11-35(13-17-44-29)22-28-8-5-9-30(33-28)32(38)40-3/h4-9,20,29H,10-19,21-24H2,1-3H3. The van der Waals surface area contributed by atoms with E-state index in [1.165, 1.54) is 21.1 Å². The number of nitrogens with zero attached hydrogens (tertiary/aromatic N) is 3. The van der Waals surface area contributed by atoms with Gasteiger partial charge in [0.1, 0.15) is 18.4 Å². The minimum atomic E-state index is -0.493. The normalized spacial score (nSPS) is 18.7. The molecule has 1 atom stereocenters. The Bertz CT molecular complexity index is 1200. The van der Waals surface area contributed by atoms with Crippen molar-refractivity contribution in [2.24, 2.45) is 0 Å². The molecule has 1 saturated heterocycles. The molecule has 45 heavy (non-hydrogen) atoms. The molecule has 0 amide bonds. The van der Waals surface area contributed by atoms with Gasteiger partial charge in [0.2, 0.25) is 0 Å². The zero-order chi connectivity index (χ0) is 32.3. The van der Waals surface area contributed by atoms with Crippen molar-refractivity contribution in [2.45, 2.75) is 26.1 Å². The van der Waals surface area contributed by atoms with Crippen LogP contribution in [0, 0.1) is 0 Å². The monoisotopic (exact) mass is 631 g/mol. The highest BCUT2D eigenvalue weighted by atomic mass is 16.6. The lowest BCUT2D eigenvalue weighted by Gasteiger charge is -2.25. The Labute approximate surface area is 264 Å². The van der Waals surface area contributed by atoms with Crippen LogP contribution in [0.3, 0.4) is 0 Å². The summed E-state index contributed by atoms with van der Waals surface area (Å²) in [6, 6.07) is 12.6. The molecule has 2 heterocycles. The van der Waals surface area contributed by atoms with Crippen molar-refractivity contribution >= 4 is 17.9 Å². The van der Waals surface area contributed by atoms with E-state index in [4.69, 9.17) is 33.2 Å². The number of hydrogen-bond donors (Lipinski definition) is 0. The van der Waals surface area contributed by atoms with Crippen molar-refractivity contribution in [3.8, 4) is 0 Å². The van der Waals surface area contributed by atoms with Gasteiger partial charge in [0, 0.05) is 46.2 Å². The summed E-state index contributed by atoms with van der Waals surface area (Å²) in [5.74, 6) is -1.27. The maximum Gasteiger partial charge on any atom is 0.356 e. The van der Waals surface area contributed by atoms with Gasteiger partial charge in [0.05, 0.1) is 71.7 Å². The van der Waals surface area contributed by atoms with Crippen LogP contribution in [0.15, 0.2) is 42.5 Å². The van der Waals surface area contributed by atoms with Crippen molar-refractivity contribution < 1.29 is 47.5 Å². The third-order valence-corrected chi connectivity index (χ3v) is 6.91. The molecule has 0 N–H and O–H groups in total. The summed E-state index contributed by atoms with van der Waals surface area (Å²) in [6.07, 6.45) is -0.458. The van der Waals surface area contributed by atoms with Gasteiger partial charge in [0.25, 0.3) is 0 Å². The fourth-order valence-corrected chi connectivity index (χ4v) is 4.55. The lowest BCUT2D eigenvalue weighted by Crippen LogP contribution is -2.36. The molecule has 1 aliphatic heterocycles. The number of aromatic nitrogens is 1. The van der Waals surface area contributed by atoms with Crippen LogP contribution in [0.25, 0.3) is 0 Å². The Morgan fingerprint density at radius 1 is 0.800 bits per heavy atom. The number of pyridine rings is 1. The van der Waals surface area contributed by atoms with E-state index in [1.807, 2.05) is 24.3 Å². The van der Waals surface area contributed by atoms with Gasteiger partial charge in [-0.25, -0.2) is 14.6 Å². The van der Waals surface area contributed by atoms with Crippen LogP contribution >= 0.6 is 0 Å². The molecule has 0 bridgehead atoms. The number of hydrogen-bond acceptors (Lipinski definition) is 13. The molecular weight excluding hydrogens is 586 g/mol. The number of benzene rings is 1. The Morgan fingerprint density at radius 2 is 1.44 bits per heavy atom. The zero-order valence-corrected chi connectivity index (χ0v) is 26.4. The minimum absolute atomic E-state index is 0.0685. The molecule has 1 aromatic carbocycles. The van der Waals surface area contributed by atoms with E-state index >= 15 is 0 Å². The van der Waals surface area contributed by atoms with Crippen molar-refractivity contribution in [2.75, 3.05) is 93.3 Å².